The quantitative estimate of drug-likeness (QED) is 0.710. The van der Waals surface area contributed by atoms with Gasteiger partial charge in [-0.2, -0.15) is 0 Å². The molecule has 0 saturated carbocycles. The molecule has 3 nitrogen and oxygen atoms in total. The zero-order valence-electron chi connectivity index (χ0n) is 6.82. The van der Waals surface area contributed by atoms with Crippen molar-refractivity contribution in [1.82, 2.24) is 4.57 Å². The van der Waals surface area contributed by atoms with Gasteiger partial charge in [0.25, 0.3) is 0 Å². The lowest BCUT2D eigenvalue weighted by Gasteiger charge is -2.09. The molecular formula is C8H13NO2. The van der Waals surface area contributed by atoms with Gasteiger partial charge in [-0.1, -0.05) is 0 Å². The highest BCUT2D eigenvalue weighted by molar-refractivity contribution is 5.08. The van der Waals surface area contributed by atoms with Crippen molar-refractivity contribution in [3.8, 4) is 0 Å². The number of ether oxygens (including phenoxy) is 1. The van der Waals surface area contributed by atoms with Crippen LogP contribution in [0.1, 0.15) is 18.7 Å². The van der Waals surface area contributed by atoms with Gasteiger partial charge in [-0.15, -0.1) is 0 Å². The molecule has 0 saturated heterocycles. The van der Waals surface area contributed by atoms with Crippen molar-refractivity contribution >= 4 is 0 Å². The van der Waals surface area contributed by atoms with Crippen LogP contribution >= 0.6 is 0 Å². The fourth-order valence-electron chi connectivity index (χ4n) is 1.06. The fourth-order valence-corrected chi connectivity index (χ4v) is 1.06. The first-order valence-electron chi connectivity index (χ1n) is 3.57. The summed E-state index contributed by atoms with van der Waals surface area (Å²) in [5.74, 6) is 0. The molecule has 0 aromatic carbocycles. The number of methoxy groups -OCH3 is 1. The SMILES string of the molecule is COCn1cccc1C(C)O. The molecule has 1 aromatic heterocycles. The summed E-state index contributed by atoms with van der Waals surface area (Å²) in [5.41, 5.74) is 0.881. The van der Waals surface area contributed by atoms with Crippen molar-refractivity contribution in [2.45, 2.75) is 19.8 Å². The molecule has 0 aliphatic rings. The summed E-state index contributed by atoms with van der Waals surface area (Å²) in [7, 11) is 1.63. The van der Waals surface area contributed by atoms with Crippen molar-refractivity contribution in [3.63, 3.8) is 0 Å². The second-order valence-corrected chi connectivity index (χ2v) is 2.50. The molecule has 3 heteroatoms. The van der Waals surface area contributed by atoms with Gasteiger partial charge in [0, 0.05) is 19.0 Å². The van der Waals surface area contributed by atoms with Gasteiger partial charge in [-0.25, -0.2) is 0 Å². The number of aliphatic hydroxyl groups excluding tert-OH is 1. The van der Waals surface area contributed by atoms with E-state index >= 15 is 0 Å². The molecule has 0 fully saturated rings. The van der Waals surface area contributed by atoms with E-state index in [-0.39, 0.29) is 0 Å². The van der Waals surface area contributed by atoms with Crippen LogP contribution in [0.2, 0.25) is 0 Å². The number of aromatic nitrogens is 1. The third kappa shape index (κ3) is 1.82. The average Bonchev–Trinajstić information content (AvgIpc) is 2.36. The summed E-state index contributed by atoms with van der Waals surface area (Å²) >= 11 is 0. The van der Waals surface area contributed by atoms with Gasteiger partial charge in [0.15, 0.2) is 0 Å². The maximum atomic E-state index is 9.24. The first-order valence-corrected chi connectivity index (χ1v) is 3.57. The Morgan fingerprint density at radius 1 is 1.73 bits per heavy atom. The van der Waals surface area contributed by atoms with E-state index in [0.717, 1.165) is 5.69 Å². The van der Waals surface area contributed by atoms with Crippen LogP contribution < -0.4 is 0 Å². The molecule has 0 amide bonds. The van der Waals surface area contributed by atoms with E-state index in [2.05, 4.69) is 0 Å². The van der Waals surface area contributed by atoms with Gasteiger partial charge < -0.3 is 14.4 Å². The number of hydrogen-bond donors (Lipinski definition) is 1. The van der Waals surface area contributed by atoms with Crippen molar-refractivity contribution in [2.24, 2.45) is 0 Å². The topological polar surface area (TPSA) is 34.4 Å². The number of nitrogens with zero attached hydrogens (tertiary/aromatic N) is 1. The maximum absolute atomic E-state index is 9.24. The molecule has 1 atom stereocenters. The summed E-state index contributed by atoms with van der Waals surface area (Å²) in [6, 6.07) is 3.77. The summed E-state index contributed by atoms with van der Waals surface area (Å²) in [5, 5.41) is 9.24. The molecule has 1 N–H and O–H groups in total. The first-order chi connectivity index (χ1) is 5.25. The van der Waals surface area contributed by atoms with Gasteiger partial charge in [-0.05, 0) is 19.1 Å². The third-order valence-corrected chi connectivity index (χ3v) is 1.56. The van der Waals surface area contributed by atoms with Crippen molar-refractivity contribution in [1.29, 1.82) is 0 Å². The maximum Gasteiger partial charge on any atom is 0.122 e. The first kappa shape index (κ1) is 8.30. The minimum atomic E-state index is -0.430. The molecular weight excluding hydrogens is 142 g/mol. The van der Waals surface area contributed by atoms with E-state index < -0.39 is 6.10 Å². The van der Waals surface area contributed by atoms with Crippen LogP contribution in [-0.4, -0.2) is 16.8 Å². The molecule has 1 heterocycles. The van der Waals surface area contributed by atoms with Crippen molar-refractivity contribution < 1.29 is 9.84 Å². The van der Waals surface area contributed by atoms with Gasteiger partial charge in [0.1, 0.15) is 6.73 Å². The molecule has 0 aliphatic carbocycles. The van der Waals surface area contributed by atoms with E-state index in [0.29, 0.717) is 6.73 Å². The highest BCUT2D eigenvalue weighted by atomic mass is 16.5. The highest BCUT2D eigenvalue weighted by Crippen LogP contribution is 2.12. The predicted molar refractivity (Wildman–Crippen MR) is 42.1 cm³/mol. The van der Waals surface area contributed by atoms with Crippen LogP contribution in [-0.2, 0) is 11.5 Å². The lowest BCUT2D eigenvalue weighted by molar-refractivity contribution is 0.115. The van der Waals surface area contributed by atoms with Crippen LogP contribution in [0, 0.1) is 0 Å². The molecule has 11 heavy (non-hydrogen) atoms. The Labute approximate surface area is 66.2 Å². The Hall–Kier alpha value is -0.800. The van der Waals surface area contributed by atoms with E-state index in [1.54, 1.807) is 14.0 Å². The van der Waals surface area contributed by atoms with Crippen LogP contribution in [0.25, 0.3) is 0 Å². The van der Waals surface area contributed by atoms with Gasteiger partial charge >= 0.3 is 0 Å². The standard InChI is InChI=1S/C8H13NO2/c1-7(10)8-4-3-5-9(8)6-11-2/h3-5,7,10H,6H2,1-2H3. The number of aliphatic hydroxyl groups is 1. The lowest BCUT2D eigenvalue weighted by atomic mass is 10.3. The number of rotatable bonds is 3. The Morgan fingerprint density at radius 2 is 2.45 bits per heavy atom. The van der Waals surface area contributed by atoms with E-state index in [4.69, 9.17) is 4.74 Å². The summed E-state index contributed by atoms with van der Waals surface area (Å²) in [6.45, 7) is 2.23. The Morgan fingerprint density at radius 3 is 3.00 bits per heavy atom. The second kappa shape index (κ2) is 3.55. The Kier molecular flexibility index (Phi) is 2.68. The van der Waals surface area contributed by atoms with Crippen LogP contribution in [0.15, 0.2) is 18.3 Å². The highest BCUT2D eigenvalue weighted by Gasteiger charge is 2.04. The molecule has 0 bridgehead atoms. The van der Waals surface area contributed by atoms with Gasteiger partial charge in [-0.3, -0.25) is 0 Å². The summed E-state index contributed by atoms with van der Waals surface area (Å²) < 4.78 is 6.79. The van der Waals surface area contributed by atoms with Crippen molar-refractivity contribution in [3.05, 3.63) is 24.0 Å². The summed E-state index contributed by atoms with van der Waals surface area (Å²) in [6.07, 6.45) is 1.45. The minimum absolute atomic E-state index is 0.430. The van der Waals surface area contributed by atoms with Crippen LogP contribution in [0.4, 0.5) is 0 Å². The van der Waals surface area contributed by atoms with Crippen LogP contribution in [0.5, 0.6) is 0 Å². The van der Waals surface area contributed by atoms with Crippen LogP contribution in [0.3, 0.4) is 0 Å². The molecule has 1 unspecified atom stereocenters. The second-order valence-electron chi connectivity index (χ2n) is 2.50. The molecule has 0 spiro atoms. The molecule has 62 valence electrons. The van der Waals surface area contributed by atoms with E-state index in [1.165, 1.54) is 0 Å². The van der Waals surface area contributed by atoms with Crippen molar-refractivity contribution in [2.75, 3.05) is 7.11 Å². The van der Waals surface area contributed by atoms with Gasteiger partial charge in [0.2, 0.25) is 0 Å². The Bertz CT molecular complexity index is 218. The smallest absolute Gasteiger partial charge is 0.122 e. The zero-order chi connectivity index (χ0) is 8.27. The monoisotopic (exact) mass is 155 g/mol. The summed E-state index contributed by atoms with van der Waals surface area (Å²) in [4.78, 5) is 0. The normalized spacial score (nSPS) is 13.4. The number of hydrogen-bond acceptors (Lipinski definition) is 2. The largest absolute Gasteiger partial charge is 0.387 e. The fraction of sp³-hybridized carbons (Fsp3) is 0.500. The van der Waals surface area contributed by atoms with E-state index in [9.17, 15) is 5.11 Å². The molecule has 0 radical (unpaired) electrons. The molecule has 0 aliphatic heterocycles. The zero-order valence-corrected chi connectivity index (χ0v) is 6.82. The molecule has 1 rings (SSSR count). The minimum Gasteiger partial charge on any atom is -0.387 e. The van der Waals surface area contributed by atoms with E-state index in [1.807, 2.05) is 22.9 Å². The Balaban J connectivity index is 2.78. The lowest BCUT2D eigenvalue weighted by Crippen LogP contribution is -2.05. The predicted octanol–water partition coefficient (Wildman–Crippen LogP) is 1.15. The third-order valence-electron chi connectivity index (χ3n) is 1.56. The van der Waals surface area contributed by atoms with Gasteiger partial charge in [0.05, 0.1) is 6.10 Å². The molecule has 1 aromatic rings. The average molecular weight is 155 g/mol.